The van der Waals surface area contributed by atoms with Crippen molar-refractivity contribution in [2.24, 2.45) is 5.10 Å². The lowest BCUT2D eigenvalue weighted by atomic mass is 10.1. The van der Waals surface area contributed by atoms with Gasteiger partial charge in [0.25, 0.3) is 5.91 Å². The van der Waals surface area contributed by atoms with Crippen LogP contribution in [-0.2, 0) is 11.2 Å². The molecule has 2 N–H and O–H groups in total. The number of nitrogens with zero attached hydrogens (tertiary/aromatic N) is 4. The minimum atomic E-state index is -0.313. The molecule has 0 unspecified atom stereocenters. The van der Waals surface area contributed by atoms with Crippen LogP contribution in [0.1, 0.15) is 11.1 Å². The molecule has 0 saturated carbocycles. The first-order valence-corrected chi connectivity index (χ1v) is 12.1. The number of carbonyl (C=O) groups excluding carboxylic acids is 1. The summed E-state index contributed by atoms with van der Waals surface area (Å²) < 4.78 is 7.16. The van der Waals surface area contributed by atoms with Crippen LogP contribution < -0.4 is 10.2 Å². The number of ether oxygens (including phenoxy) is 1. The third kappa shape index (κ3) is 5.81. The van der Waals surface area contributed by atoms with Crippen molar-refractivity contribution in [3.05, 3.63) is 96.6 Å². The number of phenols is 1. The molecule has 0 atom stereocenters. The molecule has 0 aliphatic heterocycles. The highest BCUT2D eigenvalue weighted by atomic mass is 32.2. The van der Waals surface area contributed by atoms with Crippen LogP contribution >= 0.6 is 11.8 Å². The highest BCUT2D eigenvalue weighted by Gasteiger charge is 2.17. The van der Waals surface area contributed by atoms with Crippen LogP contribution in [0.25, 0.3) is 17.1 Å². The van der Waals surface area contributed by atoms with Gasteiger partial charge in [-0.3, -0.25) is 9.36 Å². The smallest absolute Gasteiger partial charge is 0.250 e. The van der Waals surface area contributed by atoms with E-state index in [0.29, 0.717) is 23.0 Å². The number of methoxy groups -OCH3 is 1. The number of hydrogen-bond acceptors (Lipinski definition) is 7. The van der Waals surface area contributed by atoms with Gasteiger partial charge in [0.2, 0.25) is 0 Å². The third-order valence-electron chi connectivity index (χ3n) is 5.24. The maximum Gasteiger partial charge on any atom is 0.250 e. The van der Waals surface area contributed by atoms with E-state index in [1.807, 2.05) is 71.3 Å². The van der Waals surface area contributed by atoms with Crippen LogP contribution in [-0.4, -0.2) is 44.9 Å². The van der Waals surface area contributed by atoms with Crippen molar-refractivity contribution in [2.45, 2.75) is 11.6 Å². The number of rotatable bonds is 10. The minimum absolute atomic E-state index is 0.0768. The van der Waals surface area contributed by atoms with E-state index in [-0.39, 0.29) is 17.4 Å². The molecule has 4 aromatic rings. The molecule has 0 radical (unpaired) electrons. The Kier molecular flexibility index (Phi) is 8.15. The number of allylic oxidation sites excluding steroid dienone is 1. The van der Waals surface area contributed by atoms with Gasteiger partial charge in [0.05, 0.1) is 19.1 Å². The van der Waals surface area contributed by atoms with Crippen molar-refractivity contribution < 1.29 is 14.6 Å². The summed E-state index contributed by atoms with van der Waals surface area (Å²) in [7, 11) is 1.62. The van der Waals surface area contributed by atoms with Crippen LogP contribution in [0.3, 0.4) is 0 Å². The highest BCUT2D eigenvalue weighted by Crippen LogP contribution is 2.29. The van der Waals surface area contributed by atoms with Gasteiger partial charge in [-0.2, -0.15) is 5.10 Å². The van der Waals surface area contributed by atoms with E-state index in [1.54, 1.807) is 19.3 Å². The van der Waals surface area contributed by atoms with Crippen molar-refractivity contribution >= 4 is 23.9 Å². The van der Waals surface area contributed by atoms with Crippen molar-refractivity contribution in [1.29, 1.82) is 0 Å². The van der Waals surface area contributed by atoms with E-state index < -0.39 is 0 Å². The van der Waals surface area contributed by atoms with Gasteiger partial charge in [-0.15, -0.1) is 16.8 Å². The standard InChI is InChI=1S/C27H25N5O3S/c1-3-8-19-9-7-10-21(25(19)34)17-28-29-24(33)18-36-27-31-30-26(20-13-15-23(35-2)16-14-20)32(27)22-11-5-4-6-12-22/h3-7,9-17,34H,1,8,18H2,2H3,(H,29,33). The third-order valence-corrected chi connectivity index (χ3v) is 6.17. The number of aromatic hydroxyl groups is 1. The predicted molar refractivity (Wildman–Crippen MR) is 142 cm³/mol. The fraction of sp³-hybridized carbons (Fsp3) is 0.111. The van der Waals surface area contributed by atoms with Crippen LogP contribution in [0, 0.1) is 0 Å². The topological polar surface area (TPSA) is 102 Å². The fourth-order valence-electron chi connectivity index (χ4n) is 3.47. The molecule has 1 aromatic heterocycles. The fourth-order valence-corrected chi connectivity index (χ4v) is 4.22. The Bertz CT molecular complexity index is 1370. The monoisotopic (exact) mass is 499 g/mol. The van der Waals surface area contributed by atoms with E-state index in [2.05, 4.69) is 27.3 Å². The summed E-state index contributed by atoms with van der Waals surface area (Å²) >= 11 is 1.25. The number of carbonyl (C=O) groups is 1. The summed E-state index contributed by atoms with van der Waals surface area (Å²) in [4.78, 5) is 12.5. The van der Waals surface area contributed by atoms with Crippen LogP contribution in [0.2, 0.25) is 0 Å². The predicted octanol–water partition coefficient (Wildman–Crippen LogP) is 4.62. The molecular weight excluding hydrogens is 474 g/mol. The van der Waals surface area contributed by atoms with E-state index >= 15 is 0 Å². The number of para-hydroxylation sites is 2. The molecule has 182 valence electrons. The number of hydrazone groups is 1. The number of hydrogen-bond donors (Lipinski definition) is 2. The first-order valence-electron chi connectivity index (χ1n) is 11.1. The second-order valence-electron chi connectivity index (χ2n) is 7.64. The van der Waals surface area contributed by atoms with E-state index in [0.717, 1.165) is 22.6 Å². The van der Waals surface area contributed by atoms with Crippen molar-refractivity contribution in [3.63, 3.8) is 0 Å². The molecule has 0 aliphatic rings. The van der Waals surface area contributed by atoms with Crippen molar-refractivity contribution in [3.8, 4) is 28.6 Å². The van der Waals surface area contributed by atoms with Gasteiger partial charge in [0.15, 0.2) is 11.0 Å². The quantitative estimate of drug-likeness (QED) is 0.143. The zero-order valence-corrected chi connectivity index (χ0v) is 20.5. The lowest BCUT2D eigenvalue weighted by Crippen LogP contribution is -2.20. The maximum atomic E-state index is 12.5. The molecule has 1 amide bonds. The second kappa shape index (κ2) is 11.9. The second-order valence-corrected chi connectivity index (χ2v) is 8.58. The largest absolute Gasteiger partial charge is 0.507 e. The summed E-state index contributed by atoms with van der Waals surface area (Å²) in [6.07, 6.45) is 3.67. The average Bonchev–Trinajstić information content (AvgIpc) is 3.34. The molecule has 0 bridgehead atoms. The summed E-state index contributed by atoms with van der Waals surface area (Å²) in [5, 5.41) is 23.6. The Hall–Kier alpha value is -4.37. The van der Waals surface area contributed by atoms with Crippen LogP contribution in [0.15, 0.2) is 95.7 Å². The number of nitrogens with one attached hydrogen (secondary N) is 1. The normalized spacial score (nSPS) is 10.9. The highest BCUT2D eigenvalue weighted by molar-refractivity contribution is 7.99. The molecule has 3 aromatic carbocycles. The van der Waals surface area contributed by atoms with Crippen molar-refractivity contribution in [2.75, 3.05) is 12.9 Å². The van der Waals surface area contributed by atoms with Gasteiger partial charge in [0.1, 0.15) is 11.5 Å². The van der Waals surface area contributed by atoms with Crippen molar-refractivity contribution in [1.82, 2.24) is 20.2 Å². The Morgan fingerprint density at radius 3 is 2.61 bits per heavy atom. The molecular formula is C27H25N5O3S. The molecule has 9 heteroatoms. The molecule has 0 fully saturated rings. The summed E-state index contributed by atoms with van der Waals surface area (Å²) in [5.41, 5.74) is 5.49. The molecule has 36 heavy (non-hydrogen) atoms. The van der Waals surface area contributed by atoms with Crippen LogP contribution in [0.4, 0.5) is 0 Å². The summed E-state index contributed by atoms with van der Waals surface area (Å²) in [6.45, 7) is 3.69. The zero-order chi connectivity index (χ0) is 25.3. The molecule has 8 nitrogen and oxygen atoms in total. The van der Waals surface area contributed by atoms with Gasteiger partial charge in [0, 0.05) is 16.8 Å². The van der Waals surface area contributed by atoms with Gasteiger partial charge < -0.3 is 9.84 Å². The Morgan fingerprint density at radius 1 is 1.11 bits per heavy atom. The zero-order valence-electron chi connectivity index (χ0n) is 19.7. The average molecular weight is 500 g/mol. The Morgan fingerprint density at radius 2 is 1.89 bits per heavy atom. The van der Waals surface area contributed by atoms with Crippen LogP contribution in [0.5, 0.6) is 11.5 Å². The Labute approximate surface area is 213 Å². The maximum absolute atomic E-state index is 12.5. The van der Waals surface area contributed by atoms with E-state index in [9.17, 15) is 9.90 Å². The number of phenolic OH excluding ortho intramolecular Hbond substituents is 1. The molecule has 0 saturated heterocycles. The van der Waals surface area contributed by atoms with Gasteiger partial charge in [-0.05, 0) is 54.4 Å². The number of thioether (sulfide) groups is 1. The first-order chi connectivity index (χ1) is 17.6. The molecule has 0 spiro atoms. The van der Waals surface area contributed by atoms with E-state index in [1.165, 1.54) is 18.0 Å². The minimum Gasteiger partial charge on any atom is -0.507 e. The summed E-state index contributed by atoms with van der Waals surface area (Å²) in [6, 6.07) is 22.6. The van der Waals surface area contributed by atoms with Gasteiger partial charge >= 0.3 is 0 Å². The molecule has 4 rings (SSSR count). The number of benzene rings is 3. The number of amides is 1. The SMILES string of the molecule is C=CCc1cccc(C=NNC(=O)CSc2nnc(-c3ccc(OC)cc3)n2-c2ccccc2)c1O. The van der Waals surface area contributed by atoms with Gasteiger partial charge in [-0.1, -0.05) is 48.2 Å². The molecule has 0 aliphatic carbocycles. The Balaban J connectivity index is 1.48. The lowest BCUT2D eigenvalue weighted by Gasteiger charge is -2.10. The number of aromatic nitrogens is 3. The molecule has 1 heterocycles. The summed E-state index contributed by atoms with van der Waals surface area (Å²) in [5.74, 6) is 1.28. The van der Waals surface area contributed by atoms with E-state index in [4.69, 9.17) is 4.74 Å². The lowest BCUT2D eigenvalue weighted by molar-refractivity contribution is -0.118. The first kappa shape index (κ1) is 24.7. The van der Waals surface area contributed by atoms with Gasteiger partial charge in [-0.25, -0.2) is 5.43 Å².